The Kier molecular flexibility index (Phi) is 5.88. The van der Waals surface area contributed by atoms with Crippen LogP contribution in [0.25, 0.3) is 0 Å². The molecule has 0 saturated carbocycles. The van der Waals surface area contributed by atoms with Gasteiger partial charge in [-0.25, -0.2) is 0 Å². The highest BCUT2D eigenvalue weighted by molar-refractivity contribution is 8.04. The molecule has 4 heterocycles. The predicted molar refractivity (Wildman–Crippen MR) is 114 cm³/mol. The number of hydrogen-bond donors (Lipinski definition) is 2. The summed E-state index contributed by atoms with van der Waals surface area (Å²) in [6, 6.07) is 0.00591. The first kappa shape index (κ1) is 20.0. The maximum Gasteiger partial charge on any atom is 0.279 e. The molecule has 9 nitrogen and oxygen atoms in total. The summed E-state index contributed by atoms with van der Waals surface area (Å²) in [5, 5.41) is 3.42. The van der Waals surface area contributed by atoms with Crippen LogP contribution in [-0.4, -0.2) is 93.7 Å². The molecule has 4 aliphatic rings. The highest BCUT2D eigenvalue weighted by Crippen LogP contribution is 2.34. The van der Waals surface area contributed by atoms with Crippen molar-refractivity contribution in [2.45, 2.75) is 30.4 Å². The first-order valence-corrected chi connectivity index (χ1v) is 11.9. The fraction of sp³-hybridized carbons (Fsp3) is 0.706. The normalized spacial score (nSPS) is 31.0. The van der Waals surface area contributed by atoms with Crippen molar-refractivity contribution in [1.29, 1.82) is 0 Å². The van der Waals surface area contributed by atoms with Gasteiger partial charge >= 0.3 is 0 Å². The predicted octanol–water partition coefficient (Wildman–Crippen LogP) is -0.0972. The van der Waals surface area contributed by atoms with E-state index in [2.05, 4.69) is 31.0 Å². The number of thioether (sulfide) groups is 1. The molecule has 0 aliphatic carbocycles. The van der Waals surface area contributed by atoms with E-state index in [-0.39, 0.29) is 23.5 Å². The molecule has 2 fully saturated rings. The highest BCUT2D eigenvalue weighted by Gasteiger charge is 2.33. The summed E-state index contributed by atoms with van der Waals surface area (Å²) < 4.78 is 28.0. The van der Waals surface area contributed by atoms with Gasteiger partial charge in [0.15, 0.2) is 11.5 Å². The van der Waals surface area contributed by atoms with Gasteiger partial charge in [0.1, 0.15) is 5.84 Å². The van der Waals surface area contributed by atoms with Crippen LogP contribution in [0, 0.1) is 5.92 Å². The third-order valence-corrected chi connectivity index (χ3v) is 8.07. The van der Waals surface area contributed by atoms with Crippen LogP contribution >= 0.6 is 11.8 Å². The maximum atomic E-state index is 12.0. The van der Waals surface area contributed by atoms with Gasteiger partial charge in [-0.2, -0.15) is 17.4 Å². The molecule has 0 aromatic heterocycles. The molecule has 3 atom stereocenters. The lowest BCUT2D eigenvalue weighted by Gasteiger charge is -2.36. The topological polar surface area (TPSA) is 102 Å². The molecule has 28 heavy (non-hydrogen) atoms. The highest BCUT2D eigenvalue weighted by atomic mass is 32.2. The van der Waals surface area contributed by atoms with Crippen molar-refractivity contribution in [2.75, 3.05) is 40.3 Å². The molecular weight excluding hydrogens is 398 g/mol. The number of nitrogens with one attached hydrogen (secondary N) is 2. The van der Waals surface area contributed by atoms with Crippen molar-refractivity contribution in [3.05, 3.63) is 11.0 Å². The molecule has 2 saturated heterocycles. The molecule has 2 N–H and O–H groups in total. The smallest absolute Gasteiger partial charge is 0.279 e. The van der Waals surface area contributed by atoms with Crippen LogP contribution in [0.15, 0.2) is 26.0 Å². The van der Waals surface area contributed by atoms with Crippen molar-refractivity contribution in [1.82, 2.24) is 19.2 Å². The van der Waals surface area contributed by atoms with Gasteiger partial charge in [-0.05, 0) is 25.9 Å². The number of nitrogens with zero attached hydrogens (tertiary/aromatic N) is 5. The summed E-state index contributed by atoms with van der Waals surface area (Å²) in [4.78, 5) is 17.3. The SMILES string of the molecule is CN(C)S(=O)(=O)NC1CCN(CC2C=NC3NC4=NCC=NC4SC3=C2)CC1. The molecule has 0 bridgehead atoms. The number of hydrogen-bond acceptors (Lipinski definition) is 8. The molecule has 3 unspecified atom stereocenters. The summed E-state index contributed by atoms with van der Waals surface area (Å²) >= 11 is 1.73. The second kappa shape index (κ2) is 8.23. The fourth-order valence-corrected chi connectivity index (χ4v) is 5.71. The van der Waals surface area contributed by atoms with Crippen molar-refractivity contribution in [3.63, 3.8) is 0 Å². The van der Waals surface area contributed by atoms with Gasteiger partial charge in [0.25, 0.3) is 10.2 Å². The fourth-order valence-electron chi connectivity index (χ4n) is 3.68. The van der Waals surface area contributed by atoms with Crippen LogP contribution in [0.1, 0.15) is 12.8 Å². The number of aliphatic imine (C=N–C) groups is 3. The first-order valence-electron chi connectivity index (χ1n) is 9.57. The molecule has 0 aromatic rings. The molecule has 4 aliphatic heterocycles. The van der Waals surface area contributed by atoms with E-state index in [4.69, 9.17) is 4.99 Å². The average molecular weight is 426 g/mol. The van der Waals surface area contributed by atoms with Gasteiger partial charge in [-0.15, -0.1) is 0 Å². The third-order valence-electron chi connectivity index (χ3n) is 5.28. The first-order chi connectivity index (χ1) is 13.4. The van der Waals surface area contributed by atoms with Crippen LogP contribution in [0.2, 0.25) is 0 Å². The van der Waals surface area contributed by atoms with Crippen LogP contribution < -0.4 is 10.0 Å². The Bertz CT molecular complexity index is 813. The number of fused-ring (bicyclic) bond motifs is 2. The van der Waals surface area contributed by atoms with E-state index < -0.39 is 10.2 Å². The van der Waals surface area contributed by atoms with Crippen molar-refractivity contribution in [2.24, 2.45) is 20.9 Å². The molecule has 4 rings (SSSR count). The minimum Gasteiger partial charge on any atom is -0.346 e. The molecule has 154 valence electrons. The Morgan fingerprint density at radius 2 is 2.11 bits per heavy atom. The Labute approximate surface area is 170 Å². The van der Waals surface area contributed by atoms with Gasteiger partial charge < -0.3 is 10.2 Å². The van der Waals surface area contributed by atoms with E-state index in [1.54, 1.807) is 25.9 Å². The molecule has 11 heteroatoms. The largest absolute Gasteiger partial charge is 0.346 e. The maximum absolute atomic E-state index is 12.0. The number of piperidine rings is 1. The molecule has 0 amide bonds. The Hall–Kier alpha value is -1.27. The number of rotatable bonds is 5. The minimum absolute atomic E-state index is 0.00591. The zero-order chi connectivity index (χ0) is 19.7. The minimum atomic E-state index is -3.36. The monoisotopic (exact) mass is 425 g/mol. The van der Waals surface area contributed by atoms with Crippen molar-refractivity contribution >= 4 is 40.2 Å². The van der Waals surface area contributed by atoms with Gasteiger partial charge in [0, 0.05) is 49.9 Å². The van der Waals surface area contributed by atoms with Crippen LogP contribution in [0.5, 0.6) is 0 Å². The number of amidine groups is 1. The molecule has 0 aromatic carbocycles. The standard InChI is InChI=1S/C17H27N7O2S2/c1-23(2)28(25,26)22-13-3-7-24(8-4-13)11-12-9-14-15(20-10-12)21-16-17(27-14)19-6-5-18-16/h6,9-10,12-13,15,17,22H,3-5,7-8,11H2,1-2H3,(H,18,21). The second-order valence-corrected chi connectivity index (χ2v) is 10.7. The summed E-state index contributed by atoms with van der Waals surface area (Å²) in [7, 11) is -0.267. The van der Waals surface area contributed by atoms with Crippen LogP contribution in [0.4, 0.5) is 0 Å². The lowest BCUT2D eigenvalue weighted by Crippen LogP contribution is -2.49. The summed E-state index contributed by atoms with van der Waals surface area (Å²) in [5.74, 6) is 1.19. The van der Waals surface area contributed by atoms with E-state index in [0.29, 0.717) is 6.54 Å². The Morgan fingerprint density at radius 3 is 2.86 bits per heavy atom. The summed E-state index contributed by atoms with van der Waals surface area (Å²) in [5.41, 5.74) is 0. The molecule has 0 radical (unpaired) electrons. The Morgan fingerprint density at radius 1 is 1.32 bits per heavy atom. The average Bonchev–Trinajstić information content (AvgIpc) is 2.67. The quantitative estimate of drug-likeness (QED) is 0.641. The Balaban J connectivity index is 1.29. The second-order valence-electron chi connectivity index (χ2n) is 7.59. The molecule has 0 spiro atoms. The van der Waals surface area contributed by atoms with E-state index in [0.717, 1.165) is 38.3 Å². The van der Waals surface area contributed by atoms with E-state index in [1.165, 1.54) is 9.21 Å². The van der Waals surface area contributed by atoms with Crippen molar-refractivity contribution < 1.29 is 8.42 Å². The lowest BCUT2D eigenvalue weighted by atomic mass is 10.0. The van der Waals surface area contributed by atoms with E-state index in [9.17, 15) is 8.42 Å². The zero-order valence-electron chi connectivity index (χ0n) is 16.2. The lowest BCUT2D eigenvalue weighted by molar-refractivity contribution is 0.201. The van der Waals surface area contributed by atoms with Crippen LogP contribution in [-0.2, 0) is 10.2 Å². The van der Waals surface area contributed by atoms with E-state index in [1.807, 2.05) is 12.4 Å². The zero-order valence-corrected chi connectivity index (χ0v) is 17.8. The van der Waals surface area contributed by atoms with Gasteiger partial charge in [-0.1, -0.05) is 17.8 Å². The van der Waals surface area contributed by atoms with Gasteiger partial charge in [0.2, 0.25) is 0 Å². The number of likely N-dealkylation sites (tertiary alicyclic amines) is 1. The summed E-state index contributed by atoms with van der Waals surface area (Å²) in [6.07, 6.45) is 7.79. The van der Waals surface area contributed by atoms with Crippen molar-refractivity contribution in [3.8, 4) is 0 Å². The number of dihydropyridines is 1. The van der Waals surface area contributed by atoms with Crippen LogP contribution in [0.3, 0.4) is 0 Å². The van der Waals surface area contributed by atoms with Gasteiger partial charge in [-0.3, -0.25) is 15.0 Å². The molecular formula is C17H27N7O2S2. The summed E-state index contributed by atoms with van der Waals surface area (Å²) in [6.45, 7) is 3.31. The van der Waals surface area contributed by atoms with Gasteiger partial charge in [0.05, 0.1) is 6.54 Å². The third kappa shape index (κ3) is 4.48. The van der Waals surface area contributed by atoms with E-state index >= 15 is 0 Å².